The summed E-state index contributed by atoms with van der Waals surface area (Å²) in [6.07, 6.45) is 4.15. The lowest BCUT2D eigenvalue weighted by Crippen LogP contribution is -2.31. The molecule has 1 aromatic rings. The van der Waals surface area contributed by atoms with Crippen molar-refractivity contribution in [3.63, 3.8) is 0 Å². The number of nitrogens with zero attached hydrogens (tertiary/aromatic N) is 1. The number of hydrogen-bond donors (Lipinski definition) is 0. The number of benzene rings is 1. The van der Waals surface area contributed by atoms with Crippen LogP contribution in [0, 0.1) is 0 Å². The summed E-state index contributed by atoms with van der Waals surface area (Å²) in [7, 11) is 0. The van der Waals surface area contributed by atoms with E-state index >= 15 is 0 Å². The Kier molecular flexibility index (Phi) is 1.66. The highest BCUT2D eigenvalue weighted by molar-refractivity contribution is 5.28. The Morgan fingerprint density at radius 2 is 1.92 bits per heavy atom. The van der Waals surface area contributed by atoms with Crippen LogP contribution in [0.25, 0.3) is 0 Å². The van der Waals surface area contributed by atoms with Crippen LogP contribution in [0.4, 0.5) is 0 Å². The number of hydrogen-bond acceptors (Lipinski definition) is 1. The van der Waals surface area contributed by atoms with Crippen LogP contribution in [0.3, 0.4) is 0 Å². The van der Waals surface area contributed by atoms with Crippen LogP contribution in [0.2, 0.25) is 0 Å². The van der Waals surface area contributed by atoms with E-state index in [1.807, 2.05) is 0 Å². The summed E-state index contributed by atoms with van der Waals surface area (Å²) < 4.78 is 0. The first-order chi connectivity index (χ1) is 6.43. The average Bonchev–Trinajstić information content (AvgIpc) is 2.46. The Bertz CT molecular complexity index is 301. The van der Waals surface area contributed by atoms with Crippen molar-refractivity contribution in [1.29, 1.82) is 0 Å². The normalized spacial score (nSPS) is 26.9. The van der Waals surface area contributed by atoms with E-state index in [4.69, 9.17) is 0 Å². The Morgan fingerprint density at radius 1 is 1.08 bits per heavy atom. The molecule has 2 bridgehead atoms. The summed E-state index contributed by atoms with van der Waals surface area (Å²) in [6, 6.07) is 9.92. The van der Waals surface area contributed by atoms with Crippen molar-refractivity contribution < 1.29 is 0 Å². The zero-order valence-corrected chi connectivity index (χ0v) is 7.87. The molecule has 0 spiro atoms. The van der Waals surface area contributed by atoms with Crippen LogP contribution >= 0.6 is 0 Å². The van der Waals surface area contributed by atoms with E-state index in [0.717, 1.165) is 6.04 Å². The van der Waals surface area contributed by atoms with Gasteiger partial charge in [-0.2, -0.15) is 0 Å². The topological polar surface area (TPSA) is 3.24 Å². The zero-order valence-electron chi connectivity index (χ0n) is 7.87. The Balaban J connectivity index is 2.02. The minimum Gasteiger partial charge on any atom is -0.292 e. The molecule has 0 radical (unpaired) electrons. The molecule has 1 fully saturated rings. The lowest BCUT2D eigenvalue weighted by atomic mass is 9.97. The van der Waals surface area contributed by atoms with Gasteiger partial charge in [0.25, 0.3) is 0 Å². The molecule has 0 N–H and O–H groups in total. The fraction of sp³-hybridized carbons (Fsp3) is 0.500. The number of rotatable bonds is 0. The molecule has 4 rings (SSSR count). The molecule has 1 nitrogen and oxygen atoms in total. The smallest absolute Gasteiger partial charge is 0.0351 e. The van der Waals surface area contributed by atoms with Crippen molar-refractivity contribution in [3.05, 3.63) is 35.4 Å². The largest absolute Gasteiger partial charge is 0.292 e. The van der Waals surface area contributed by atoms with Gasteiger partial charge in [0, 0.05) is 12.6 Å². The predicted octanol–water partition coefficient (Wildman–Crippen LogP) is 2.73. The second kappa shape index (κ2) is 2.85. The van der Waals surface area contributed by atoms with Crippen LogP contribution < -0.4 is 0 Å². The van der Waals surface area contributed by atoms with Gasteiger partial charge in [-0.25, -0.2) is 0 Å². The summed E-state index contributed by atoms with van der Waals surface area (Å²) >= 11 is 0. The summed E-state index contributed by atoms with van der Waals surface area (Å²) in [5.41, 5.74) is 3.01. The van der Waals surface area contributed by atoms with Gasteiger partial charge < -0.3 is 0 Å². The van der Waals surface area contributed by atoms with Crippen LogP contribution in [-0.4, -0.2) is 11.4 Å². The minimum atomic E-state index is 0.723. The molecular formula is C12H15N. The fourth-order valence-electron chi connectivity index (χ4n) is 2.64. The first-order valence-corrected chi connectivity index (χ1v) is 5.26. The molecule has 1 atom stereocenters. The van der Waals surface area contributed by atoms with E-state index in [2.05, 4.69) is 29.2 Å². The molecule has 0 aliphatic carbocycles. The third kappa shape index (κ3) is 1.19. The van der Waals surface area contributed by atoms with E-state index in [1.54, 1.807) is 0 Å². The molecule has 1 heteroatoms. The second-order valence-electron chi connectivity index (χ2n) is 4.22. The molecule has 0 aromatic heterocycles. The van der Waals surface area contributed by atoms with Crippen LogP contribution in [0.1, 0.15) is 36.4 Å². The van der Waals surface area contributed by atoms with Crippen molar-refractivity contribution in [2.24, 2.45) is 0 Å². The monoisotopic (exact) mass is 173 g/mol. The molecule has 0 amide bonds. The molecule has 3 aliphatic rings. The second-order valence-corrected chi connectivity index (χ2v) is 4.22. The maximum Gasteiger partial charge on any atom is 0.0351 e. The van der Waals surface area contributed by atoms with Crippen LogP contribution in [0.5, 0.6) is 0 Å². The van der Waals surface area contributed by atoms with E-state index in [-0.39, 0.29) is 0 Å². The van der Waals surface area contributed by atoms with Crippen molar-refractivity contribution in [2.75, 3.05) is 6.54 Å². The Hall–Kier alpha value is -0.820. The molecule has 1 saturated heterocycles. The third-order valence-corrected chi connectivity index (χ3v) is 3.36. The maximum atomic E-state index is 2.63. The van der Waals surface area contributed by atoms with Gasteiger partial charge in [0.15, 0.2) is 0 Å². The third-order valence-electron chi connectivity index (χ3n) is 3.36. The predicted molar refractivity (Wildman–Crippen MR) is 53.4 cm³/mol. The summed E-state index contributed by atoms with van der Waals surface area (Å²) in [4.78, 5) is 2.63. The zero-order chi connectivity index (χ0) is 8.67. The average molecular weight is 173 g/mol. The first kappa shape index (κ1) is 7.57. The van der Waals surface area contributed by atoms with Crippen LogP contribution in [0.15, 0.2) is 24.3 Å². The van der Waals surface area contributed by atoms with E-state index in [0.29, 0.717) is 0 Å². The highest BCUT2D eigenvalue weighted by Crippen LogP contribution is 2.34. The summed E-state index contributed by atoms with van der Waals surface area (Å²) in [6.45, 7) is 2.46. The maximum absolute atomic E-state index is 2.63. The van der Waals surface area contributed by atoms with Gasteiger partial charge in [-0.3, -0.25) is 4.90 Å². The van der Waals surface area contributed by atoms with Gasteiger partial charge in [-0.15, -0.1) is 0 Å². The van der Waals surface area contributed by atoms with Crippen molar-refractivity contribution >= 4 is 0 Å². The SMILES string of the molecule is c1cc2ccc1CN1CCCCC21. The number of fused-ring (bicyclic) bond motifs is 2. The molecule has 68 valence electrons. The van der Waals surface area contributed by atoms with E-state index in [1.165, 1.54) is 43.5 Å². The minimum absolute atomic E-state index is 0.723. The summed E-state index contributed by atoms with van der Waals surface area (Å²) in [5.74, 6) is 0. The highest BCUT2D eigenvalue weighted by atomic mass is 15.2. The molecule has 0 saturated carbocycles. The van der Waals surface area contributed by atoms with E-state index in [9.17, 15) is 0 Å². The lowest BCUT2D eigenvalue weighted by Gasteiger charge is -2.33. The Morgan fingerprint density at radius 3 is 2.77 bits per heavy atom. The number of piperidine rings is 1. The highest BCUT2D eigenvalue weighted by Gasteiger charge is 2.25. The summed E-state index contributed by atoms with van der Waals surface area (Å²) in [5, 5.41) is 0. The molecule has 3 aliphatic heterocycles. The molecular weight excluding hydrogens is 158 g/mol. The van der Waals surface area contributed by atoms with Gasteiger partial charge in [0.05, 0.1) is 0 Å². The van der Waals surface area contributed by atoms with Gasteiger partial charge >= 0.3 is 0 Å². The van der Waals surface area contributed by atoms with E-state index < -0.39 is 0 Å². The van der Waals surface area contributed by atoms with Gasteiger partial charge in [0.1, 0.15) is 0 Å². The molecule has 1 unspecified atom stereocenters. The van der Waals surface area contributed by atoms with Crippen molar-refractivity contribution in [1.82, 2.24) is 4.90 Å². The molecule has 3 heterocycles. The van der Waals surface area contributed by atoms with Crippen molar-refractivity contribution in [3.8, 4) is 0 Å². The first-order valence-electron chi connectivity index (χ1n) is 5.26. The molecule has 1 aromatic carbocycles. The molecule has 13 heavy (non-hydrogen) atoms. The van der Waals surface area contributed by atoms with Gasteiger partial charge in [0.2, 0.25) is 0 Å². The van der Waals surface area contributed by atoms with Crippen LogP contribution in [-0.2, 0) is 6.54 Å². The van der Waals surface area contributed by atoms with Gasteiger partial charge in [-0.05, 0) is 30.5 Å². The van der Waals surface area contributed by atoms with Gasteiger partial charge in [-0.1, -0.05) is 30.7 Å². The van der Waals surface area contributed by atoms with Crippen molar-refractivity contribution in [2.45, 2.75) is 31.8 Å². The lowest BCUT2D eigenvalue weighted by molar-refractivity contribution is 0.144. The fourth-order valence-corrected chi connectivity index (χ4v) is 2.64. The standard InChI is InChI=1S/C12H15N/c1-2-8-13-9-10-4-6-11(7-5-10)12(13)3-1/h4-7,12H,1-3,8-9H2. The Labute approximate surface area is 79.4 Å². The quantitative estimate of drug-likeness (QED) is 0.583.